The molecule has 4 nitrogen and oxygen atoms in total. The van der Waals surface area contributed by atoms with E-state index in [1.54, 1.807) is 0 Å². The van der Waals surface area contributed by atoms with Crippen molar-refractivity contribution >= 4 is 35.6 Å². The molecule has 0 heterocycles. The van der Waals surface area contributed by atoms with Gasteiger partial charge < -0.3 is 16.0 Å². The quantitative estimate of drug-likeness (QED) is 0.318. The molecule has 1 rings (SSSR count). The normalized spacial score (nSPS) is 11.2. The molecule has 5 heteroatoms. The van der Waals surface area contributed by atoms with E-state index >= 15 is 0 Å². The Morgan fingerprint density at radius 2 is 1.86 bits per heavy atom. The highest BCUT2D eigenvalue weighted by atomic mass is 127. The third-order valence-electron chi connectivity index (χ3n) is 3.03. The van der Waals surface area contributed by atoms with E-state index in [-0.39, 0.29) is 24.0 Å². The zero-order valence-electron chi connectivity index (χ0n) is 13.6. The minimum absolute atomic E-state index is 0. The summed E-state index contributed by atoms with van der Waals surface area (Å²) in [5.41, 5.74) is 8.38. The van der Waals surface area contributed by atoms with Gasteiger partial charge in [-0.2, -0.15) is 0 Å². The summed E-state index contributed by atoms with van der Waals surface area (Å²) in [6, 6.07) is 8.68. The van der Waals surface area contributed by atoms with Crippen LogP contribution in [0.1, 0.15) is 25.8 Å². The van der Waals surface area contributed by atoms with E-state index in [1.165, 1.54) is 11.3 Å². The molecule has 0 radical (unpaired) electrons. The van der Waals surface area contributed by atoms with Gasteiger partial charge in [0.25, 0.3) is 0 Å². The number of hydrogen-bond donors (Lipinski definition) is 2. The van der Waals surface area contributed by atoms with E-state index in [0.717, 1.165) is 25.9 Å². The highest BCUT2D eigenvalue weighted by Crippen LogP contribution is 2.13. The summed E-state index contributed by atoms with van der Waals surface area (Å²) < 4.78 is 0. The summed E-state index contributed by atoms with van der Waals surface area (Å²) in [4.78, 5) is 6.39. The van der Waals surface area contributed by atoms with Crippen LogP contribution >= 0.6 is 24.0 Å². The van der Waals surface area contributed by atoms with Crippen molar-refractivity contribution in [2.24, 2.45) is 16.6 Å². The molecule has 1 aromatic carbocycles. The smallest absolute Gasteiger partial charge is 0.188 e. The minimum Gasteiger partial charge on any atom is -0.378 e. The molecular weight excluding hydrogens is 375 g/mol. The van der Waals surface area contributed by atoms with E-state index < -0.39 is 0 Å². The number of rotatable bonds is 7. The lowest BCUT2D eigenvalue weighted by Gasteiger charge is -2.12. The SMILES string of the molecule is CC(C)CN=C(N)NCCCc1ccc(N(C)C)cc1.I. The first-order valence-corrected chi connectivity index (χ1v) is 7.29. The van der Waals surface area contributed by atoms with Crippen LogP contribution < -0.4 is 16.0 Å². The number of aryl methyl sites for hydroxylation is 1. The first-order valence-electron chi connectivity index (χ1n) is 7.29. The molecule has 3 N–H and O–H groups in total. The maximum atomic E-state index is 5.79. The van der Waals surface area contributed by atoms with Gasteiger partial charge in [0.2, 0.25) is 0 Å². The van der Waals surface area contributed by atoms with E-state index in [1.807, 2.05) is 0 Å². The molecule has 0 spiro atoms. The first kappa shape index (κ1) is 20.0. The Kier molecular flexibility index (Phi) is 10.2. The predicted octanol–water partition coefficient (Wildman–Crippen LogP) is 2.86. The van der Waals surface area contributed by atoms with Crippen LogP contribution in [0.25, 0.3) is 0 Å². The molecule has 21 heavy (non-hydrogen) atoms. The lowest BCUT2D eigenvalue weighted by Crippen LogP contribution is -2.33. The Morgan fingerprint density at radius 1 is 1.24 bits per heavy atom. The number of anilines is 1. The molecule has 0 atom stereocenters. The summed E-state index contributed by atoms with van der Waals surface area (Å²) in [6.45, 7) is 5.91. The molecule has 0 saturated carbocycles. The fraction of sp³-hybridized carbons (Fsp3) is 0.562. The monoisotopic (exact) mass is 404 g/mol. The third kappa shape index (κ3) is 8.80. The third-order valence-corrected chi connectivity index (χ3v) is 3.03. The number of guanidine groups is 1. The highest BCUT2D eigenvalue weighted by molar-refractivity contribution is 14.0. The van der Waals surface area contributed by atoms with Gasteiger partial charge in [-0.3, -0.25) is 4.99 Å². The predicted molar refractivity (Wildman–Crippen MR) is 104 cm³/mol. The second-order valence-electron chi connectivity index (χ2n) is 5.71. The van der Waals surface area contributed by atoms with Crippen LogP contribution in [0.4, 0.5) is 5.69 Å². The van der Waals surface area contributed by atoms with Crippen LogP contribution in [0.5, 0.6) is 0 Å². The molecule has 0 bridgehead atoms. The molecule has 0 aromatic heterocycles. The summed E-state index contributed by atoms with van der Waals surface area (Å²) in [5.74, 6) is 1.10. The maximum Gasteiger partial charge on any atom is 0.188 e. The number of nitrogens with two attached hydrogens (primary N) is 1. The Balaban J connectivity index is 0.00000400. The molecular formula is C16H29IN4. The van der Waals surface area contributed by atoms with E-state index in [9.17, 15) is 0 Å². The Bertz CT molecular complexity index is 413. The molecule has 0 fully saturated rings. The second kappa shape index (κ2) is 10.7. The Morgan fingerprint density at radius 3 is 2.38 bits per heavy atom. The van der Waals surface area contributed by atoms with Crippen molar-refractivity contribution in [3.05, 3.63) is 29.8 Å². The van der Waals surface area contributed by atoms with Crippen molar-refractivity contribution in [3.63, 3.8) is 0 Å². The average Bonchev–Trinajstić information content (AvgIpc) is 2.42. The van der Waals surface area contributed by atoms with Crippen LogP contribution in [0.15, 0.2) is 29.3 Å². The zero-order valence-corrected chi connectivity index (χ0v) is 15.9. The molecule has 0 saturated heterocycles. The van der Waals surface area contributed by atoms with Crippen molar-refractivity contribution in [2.45, 2.75) is 26.7 Å². The molecule has 120 valence electrons. The van der Waals surface area contributed by atoms with Crippen molar-refractivity contribution in [1.82, 2.24) is 5.32 Å². The van der Waals surface area contributed by atoms with Crippen LogP contribution in [-0.4, -0.2) is 33.1 Å². The number of hydrogen-bond acceptors (Lipinski definition) is 2. The summed E-state index contributed by atoms with van der Waals surface area (Å²) >= 11 is 0. The van der Waals surface area contributed by atoms with Crippen LogP contribution in [0.3, 0.4) is 0 Å². The fourth-order valence-electron chi connectivity index (χ4n) is 1.81. The summed E-state index contributed by atoms with van der Waals surface area (Å²) in [7, 11) is 4.11. The molecule has 1 aromatic rings. The van der Waals surface area contributed by atoms with E-state index in [2.05, 4.69) is 67.4 Å². The van der Waals surface area contributed by atoms with Gasteiger partial charge in [0, 0.05) is 32.9 Å². The average molecular weight is 404 g/mol. The van der Waals surface area contributed by atoms with E-state index in [4.69, 9.17) is 5.73 Å². The highest BCUT2D eigenvalue weighted by Gasteiger charge is 1.98. The van der Waals surface area contributed by atoms with Crippen LogP contribution in [0.2, 0.25) is 0 Å². The van der Waals surface area contributed by atoms with Gasteiger partial charge in [-0.15, -0.1) is 24.0 Å². The minimum atomic E-state index is 0. The first-order chi connectivity index (χ1) is 9.49. The van der Waals surface area contributed by atoms with Crippen LogP contribution in [-0.2, 0) is 6.42 Å². The number of halogens is 1. The molecule has 0 aliphatic heterocycles. The number of benzene rings is 1. The number of nitrogens with one attached hydrogen (secondary N) is 1. The van der Waals surface area contributed by atoms with Crippen molar-refractivity contribution in [3.8, 4) is 0 Å². The maximum absolute atomic E-state index is 5.79. The van der Waals surface area contributed by atoms with Gasteiger partial charge in [-0.1, -0.05) is 26.0 Å². The standard InChI is InChI=1S/C16H28N4.HI/c1-13(2)12-19-16(17)18-11-5-6-14-7-9-15(10-8-14)20(3)4;/h7-10,13H,5-6,11-12H2,1-4H3,(H3,17,18,19);1H. The van der Waals surface area contributed by atoms with Gasteiger partial charge in [0.05, 0.1) is 0 Å². The van der Waals surface area contributed by atoms with Gasteiger partial charge >= 0.3 is 0 Å². The number of nitrogens with zero attached hydrogens (tertiary/aromatic N) is 2. The lowest BCUT2D eigenvalue weighted by molar-refractivity contribution is 0.659. The summed E-state index contributed by atoms with van der Waals surface area (Å²) in [6.07, 6.45) is 2.11. The lowest BCUT2D eigenvalue weighted by atomic mass is 10.1. The summed E-state index contributed by atoms with van der Waals surface area (Å²) in [5, 5.41) is 3.16. The second-order valence-corrected chi connectivity index (χ2v) is 5.71. The molecule has 0 unspecified atom stereocenters. The largest absolute Gasteiger partial charge is 0.378 e. The zero-order chi connectivity index (χ0) is 15.0. The topological polar surface area (TPSA) is 53.6 Å². The van der Waals surface area contributed by atoms with Crippen molar-refractivity contribution < 1.29 is 0 Å². The van der Waals surface area contributed by atoms with Gasteiger partial charge in [0.1, 0.15) is 0 Å². The Hall–Kier alpha value is -0.980. The van der Waals surface area contributed by atoms with Crippen LogP contribution in [0, 0.1) is 5.92 Å². The van der Waals surface area contributed by atoms with Gasteiger partial charge in [0.15, 0.2) is 5.96 Å². The van der Waals surface area contributed by atoms with Crippen molar-refractivity contribution in [2.75, 3.05) is 32.1 Å². The van der Waals surface area contributed by atoms with Gasteiger partial charge in [-0.25, -0.2) is 0 Å². The van der Waals surface area contributed by atoms with Crippen molar-refractivity contribution in [1.29, 1.82) is 0 Å². The fourth-order valence-corrected chi connectivity index (χ4v) is 1.81. The van der Waals surface area contributed by atoms with E-state index in [0.29, 0.717) is 11.9 Å². The van der Waals surface area contributed by atoms with Gasteiger partial charge in [-0.05, 0) is 36.5 Å². The Labute approximate surface area is 146 Å². The molecule has 0 aliphatic carbocycles. The number of aliphatic imine (C=N–C) groups is 1. The molecule has 0 amide bonds. The molecule has 0 aliphatic rings.